The molecule has 1 unspecified atom stereocenters. The third kappa shape index (κ3) is 5.48. The van der Waals surface area contributed by atoms with E-state index in [1.54, 1.807) is 0 Å². The Morgan fingerprint density at radius 1 is 1.03 bits per heavy atom. The molecule has 1 aromatic carbocycles. The second-order valence-corrected chi connectivity index (χ2v) is 8.66. The van der Waals surface area contributed by atoms with Crippen LogP contribution in [0.1, 0.15) is 30.9 Å². The fraction of sp³-hybridized carbons (Fsp3) is 0.542. The van der Waals surface area contributed by atoms with Crippen molar-refractivity contribution < 1.29 is 4.79 Å². The van der Waals surface area contributed by atoms with E-state index in [-0.39, 0.29) is 11.9 Å². The van der Waals surface area contributed by atoms with Crippen molar-refractivity contribution in [2.24, 2.45) is 4.99 Å². The van der Waals surface area contributed by atoms with Crippen LogP contribution in [0.4, 0.5) is 0 Å². The van der Waals surface area contributed by atoms with E-state index in [1.165, 1.54) is 5.56 Å². The van der Waals surface area contributed by atoms with Crippen LogP contribution in [0.15, 0.2) is 47.7 Å². The number of aliphatic imine (C=N–C) groups is 1. The quantitative estimate of drug-likeness (QED) is 0.550. The highest BCUT2D eigenvalue weighted by molar-refractivity contribution is 5.82. The molecule has 0 spiro atoms. The summed E-state index contributed by atoms with van der Waals surface area (Å²) < 4.78 is 1.96. The van der Waals surface area contributed by atoms with Crippen molar-refractivity contribution in [1.82, 2.24) is 29.8 Å². The molecule has 2 saturated heterocycles. The van der Waals surface area contributed by atoms with Gasteiger partial charge in [-0.1, -0.05) is 30.3 Å². The van der Waals surface area contributed by atoms with E-state index in [2.05, 4.69) is 50.5 Å². The summed E-state index contributed by atoms with van der Waals surface area (Å²) in [4.78, 5) is 23.8. The first-order valence-corrected chi connectivity index (χ1v) is 11.7. The fourth-order valence-corrected chi connectivity index (χ4v) is 4.55. The molecule has 2 fully saturated rings. The van der Waals surface area contributed by atoms with Gasteiger partial charge in [0.25, 0.3) is 0 Å². The number of rotatable bonds is 6. The van der Waals surface area contributed by atoms with E-state index in [4.69, 9.17) is 0 Å². The highest BCUT2D eigenvalue weighted by Gasteiger charge is 2.30. The van der Waals surface area contributed by atoms with Crippen LogP contribution in [0.2, 0.25) is 0 Å². The molecule has 2 aliphatic heterocycles. The number of benzene rings is 1. The zero-order valence-corrected chi connectivity index (χ0v) is 19.3. The van der Waals surface area contributed by atoms with Crippen molar-refractivity contribution in [3.63, 3.8) is 0 Å². The number of nitrogens with zero attached hydrogens (tertiary/aromatic N) is 6. The summed E-state index contributed by atoms with van der Waals surface area (Å²) in [6.45, 7) is 8.82. The summed E-state index contributed by atoms with van der Waals surface area (Å²) in [5.74, 6) is 1.19. The lowest BCUT2D eigenvalue weighted by atomic mass is 10.2. The maximum absolute atomic E-state index is 12.7. The van der Waals surface area contributed by atoms with E-state index in [1.807, 2.05) is 41.0 Å². The van der Waals surface area contributed by atoms with Gasteiger partial charge in [-0.15, -0.1) is 0 Å². The smallest absolute Gasteiger partial charge is 0.239 e. The summed E-state index contributed by atoms with van der Waals surface area (Å²) in [5.41, 5.74) is 2.37. The summed E-state index contributed by atoms with van der Waals surface area (Å²) >= 11 is 0. The topological polar surface area (TPSA) is 69.0 Å². The van der Waals surface area contributed by atoms with Gasteiger partial charge < -0.3 is 15.1 Å². The van der Waals surface area contributed by atoms with Crippen LogP contribution in [0.3, 0.4) is 0 Å². The second-order valence-electron chi connectivity index (χ2n) is 8.66. The summed E-state index contributed by atoms with van der Waals surface area (Å²) in [6.07, 6.45) is 6.27. The van der Waals surface area contributed by atoms with Gasteiger partial charge in [-0.25, -0.2) is 0 Å². The predicted octanol–water partition coefficient (Wildman–Crippen LogP) is 1.64. The maximum atomic E-state index is 12.7. The van der Waals surface area contributed by atoms with Gasteiger partial charge >= 0.3 is 0 Å². The van der Waals surface area contributed by atoms with E-state index >= 15 is 0 Å². The molecular weight excluding hydrogens is 402 g/mol. The Hall–Kier alpha value is -2.87. The van der Waals surface area contributed by atoms with Crippen LogP contribution in [0.5, 0.6) is 0 Å². The van der Waals surface area contributed by atoms with Crippen molar-refractivity contribution in [3.05, 3.63) is 53.9 Å². The van der Waals surface area contributed by atoms with Gasteiger partial charge in [0.1, 0.15) is 0 Å². The van der Waals surface area contributed by atoms with Crippen LogP contribution in [-0.2, 0) is 17.9 Å². The van der Waals surface area contributed by atoms with E-state index in [0.29, 0.717) is 6.54 Å². The van der Waals surface area contributed by atoms with Crippen molar-refractivity contribution in [2.45, 2.75) is 38.9 Å². The van der Waals surface area contributed by atoms with Crippen molar-refractivity contribution in [1.29, 1.82) is 0 Å². The number of aromatic nitrogens is 2. The lowest BCUT2D eigenvalue weighted by Gasteiger charge is -2.39. The van der Waals surface area contributed by atoms with Crippen LogP contribution in [-0.4, -0.2) is 88.7 Å². The minimum atomic E-state index is -0.0410. The van der Waals surface area contributed by atoms with Gasteiger partial charge in [0.05, 0.1) is 18.8 Å². The Kier molecular flexibility index (Phi) is 7.42. The molecule has 4 rings (SSSR count). The molecular formula is C24H35N7O. The number of piperazine rings is 1. The van der Waals surface area contributed by atoms with Gasteiger partial charge in [-0.3, -0.25) is 19.4 Å². The van der Waals surface area contributed by atoms with Crippen molar-refractivity contribution >= 4 is 11.9 Å². The first kappa shape index (κ1) is 22.3. The number of guanidine groups is 1. The molecule has 1 amide bonds. The zero-order valence-electron chi connectivity index (χ0n) is 19.3. The average molecular weight is 438 g/mol. The van der Waals surface area contributed by atoms with E-state index < -0.39 is 0 Å². The lowest BCUT2D eigenvalue weighted by molar-refractivity contribution is -0.135. The van der Waals surface area contributed by atoms with Crippen LogP contribution < -0.4 is 5.32 Å². The molecule has 2 aromatic rings. The van der Waals surface area contributed by atoms with Crippen molar-refractivity contribution in [2.75, 3.05) is 46.3 Å². The molecule has 0 aliphatic carbocycles. The Labute approximate surface area is 190 Å². The maximum Gasteiger partial charge on any atom is 0.239 e. The molecule has 172 valence electrons. The number of carbonyl (C=O) groups excluding carboxylic acids is 1. The Morgan fingerprint density at radius 3 is 2.44 bits per heavy atom. The Balaban J connectivity index is 1.24. The van der Waals surface area contributed by atoms with Gasteiger partial charge in [-0.2, -0.15) is 5.10 Å². The standard InChI is InChI=1S/C24H35N7O/c1-20(23(32)29-10-6-7-11-29)28-12-14-30(15-13-28)24(25-2)26-16-22-17-27-31(19-22)18-21-8-4-3-5-9-21/h3-5,8-9,17,19-20H,6-7,10-16,18H2,1-2H3,(H,25,26). The van der Waals surface area contributed by atoms with Gasteiger partial charge in [0.15, 0.2) is 5.96 Å². The summed E-state index contributed by atoms with van der Waals surface area (Å²) in [6, 6.07) is 10.3. The molecule has 0 saturated carbocycles. The molecule has 1 aromatic heterocycles. The van der Waals surface area contributed by atoms with Crippen LogP contribution in [0, 0.1) is 0 Å². The molecule has 8 heteroatoms. The summed E-state index contributed by atoms with van der Waals surface area (Å²) in [5, 5.41) is 7.96. The van der Waals surface area contributed by atoms with Crippen LogP contribution in [0.25, 0.3) is 0 Å². The summed E-state index contributed by atoms with van der Waals surface area (Å²) in [7, 11) is 1.83. The minimum absolute atomic E-state index is 0.0410. The van der Waals surface area contributed by atoms with E-state index in [9.17, 15) is 4.79 Å². The first-order chi connectivity index (χ1) is 15.6. The van der Waals surface area contributed by atoms with Crippen molar-refractivity contribution in [3.8, 4) is 0 Å². The average Bonchev–Trinajstić information content (AvgIpc) is 3.52. The third-order valence-electron chi connectivity index (χ3n) is 6.47. The monoisotopic (exact) mass is 437 g/mol. The largest absolute Gasteiger partial charge is 0.352 e. The number of amides is 1. The normalized spacial score (nSPS) is 18.8. The van der Waals surface area contributed by atoms with Crippen LogP contribution >= 0.6 is 0 Å². The number of likely N-dealkylation sites (tertiary alicyclic amines) is 1. The molecule has 1 N–H and O–H groups in total. The Morgan fingerprint density at radius 2 is 1.75 bits per heavy atom. The second kappa shape index (κ2) is 10.6. The van der Waals surface area contributed by atoms with Gasteiger partial charge in [-0.05, 0) is 25.3 Å². The number of carbonyl (C=O) groups is 1. The fourth-order valence-electron chi connectivity index (χ4n) is 4.55. The number of hydrogen-bond donors (Lipinski definition) is 1. The SMILES string of the molecule is CN=C(NCc1cnn(Cc2ccccc2)c1)N1CCN(C(C)C(=O)N2CCCC2)CC1. The third-order valence-corrected chi connectivity index (χ3v) is 6.47. The zero-order chi connectivity index (χ0) is 22.3. The minimum Gasteiger partial charge on any atom is -0.352 e. The molecule has 3 heterocycles. The number of nitrogens with one attached hydrogen (secondary N) is 1. The molecule has 32 heavy (non-hydrogen) atoms. The molecule has 2 aliphatic rings. The highest BCUT2D eigenvalue weighted by Crippen LogP contribution is 2.14. The predicted molar refractivity (Wildman–Crippen MR) is 126 cm³/mol. The molecule has 0 bridgehead atoms. The molecule has 8 nitrogen and oxygen atoms in total. The van der Waals surface area contributed by atoms with E-state index in [0.717, 1.165) is 70.2 Å². The van der Waals surface area contributed by atoms with Gasteiger partial charge in [0, 0.05) is 64.6 Å². The molecule has 0 radical (unpaired) electrons. The van der Waals surface area contributed by atoms with Gasteiger partial charge in [0.2, 0.25) is 5.91 Å². The highest BCUT2D eigenvalue weighted by atomic mass is 16.2. The molecule has 1 atom stereocenters. The lowest BCUT2D eigenvalue weighted by Crippen LogP contribution is -2.57. The number of hydrogen-bond acceptors (Lipinski definition) is 4. The Bertz CT molecular complexity index is 896. The first-order valence-electron chi connectivity index (χ1n) is 11.7.